The van der Waals surface area contributed by atoms with Gasteiger partial charge >= 0.3 is 0 Å². The molecule has 1 N–H and O–H groups in total. The second kappa shape index (κ2) is 7.45. The van der Waals surface area contributed by atoms with Gasteiger partial charge in [-0.3, -0.25) is 0 Å². The van der Waals surface area contributed by atoms with Gasteiger partial charge in [-0.25, -0.2) is 0 Å². The van der Waals surface area contributed by atoms with Crippen LogP contribution in [0.5, 0.6) is 0 Å². The summed E-state index contributed by atoms with van der Waals surface area (Å²) in [6.45, 7) is 7.74. The lowest BCUT2D eigenvalue weighted by Gasteiger charge is -2.15. The predicted octanol–water partition coefficient (Wildman–Crippen LogP) is 3.71. The summed E-state index contributed by atoms with van der Waals surface area (Å²) in [6, 6.07) is 9.42. The lowest BCUT2D eigenvalue weighted by Crippen LogP contribution is -2.28. The van der Waals surface area contributed by atoms with E-state index in [1.165, 1.54) is 36.8 Å². The van der Waals surface area contributed by atoms with Crippen molar-refractivity contribution in [3.05, 3.63) is 35.4 Å². The summed E-state index contributed by atoms with van der Waals surface area (Å²) in [5.41, 5.74) is 2.94. The fourth-order valence-corrected chi connectivity index (χ4v) is 2.17. The van der Waals surface area contributed by atoms with Crippen LogP contribution in [0.2, 0.25) is 0 Å². The molecule has 0 aromatic heterocycles. The fourth-order valence-electron chi connectivity index (χ4n) is 2.17. The molecule has 0 aliphatic carbocycles. The number of benzene rings is 1. The van der Waals surface area contributed by atoms with E-state index in [2.05, 4.69) is 50.4 Å². The molecular formula is C15H25N. The number of hydrogen-bond acceptors (Lipinski definition) is 1. The Labute approximate surface area is 100 Å². The van der Waals surface area contributed by atoms with Gasteiger partial charge in [-0.15, -0.1) is 0 Å². The Hall–Kier alpha value is -0.820. The molecule has 0 saturated carbocycles. The largest absolute Gasteiger partial charge is 0.314 e. The van der Waals surface area contributed by atoms with Gasteiger partial charge in [0.2, 0.25) is 0 Å². The van der Waals surface area contributed by atoms with Crippen LogP contribution in [0.3, 0.4) is 0 Å². The standard InChI is InChI=1S/C15H25N/c1-4-15(16-5-2)12-8-11-14-10-7-6-9-13(14)3/h6-7,9-10,15-16H,4-5,8,11-12H2,1-3H3. The highest BCUT2D eigenvalue weighted by Gasteiger charge is 2.04. The molecule has 0 aliphatic rings. The molecule has 1 nitrogen and oxygen atoms in total. The summed E-state index contributed by atoms with van der Waals surface area (Å²) in [5, 5.41) is 3.53. The van der Waals surface area contributed by atoms with E-state index in [1.807, 2.05) is 0 Å². The van der Waals surface area contributed by atoms with E-state index < -0.39 is 0 Å². The summed E-state index contributed by atoms with van der Waals surface area (Å²) in [5.74, 6) is 0. The molecule has 1 atom stereocenters. The van der Waals surface area contributed by atoms with Crippen molar-refractivity contribution in [2.24, 2.45) is 0 Å². The topological polar surface area (TPSA) is 12.0 Å². The van der Waals surface area contributed by atoms with Crippen LogP contribution in [0.15, 0.2) is 24.3 Å². The summed E-state index contributed by atoms with van der Waals surface area (Å²) in [7, 11) is 0. The predicted molar refractivity (Wildman–Crippen MR) is 71.9 cm³/mol. The van der Waals surface area contributed by atoms with Crippen molar-refractivity contribution in [2.75, 3.05) is 6.54 Å². The van der Waals surface area contributed by atoms with Crippen LogP contribution in [0.4, 0.5) is 0 Å². The van der Waals surface area contributed by atoms with Crippen LogP contribution in [0.1, 0.15) is 44.2 Å². The van der Waals surface area contributed by atoms with Gasteiger partial charge in [-0.1, -0.05) is 38.1 Å². The third-order valence-electron chi connectivity index (χ3n) is 3.25. The smallest absolute Gasteiger partial charge is 0.00644 e. The second-order valence-corrected chi connectivity index (χ2v) is 4.48. The summed E-state index contributed by atoms with van der Waals surface area (Å²) >= 11 is 0. The molecular weight excluding hydrogens is 194 g/mol. The number of aryl methyl sites for hydroxylation is 2. The second-order valence-electron chi connectivity index (χ2n) is 4.48. The van der Waals surface area contributed by atoms with Crippen molar-refractivity contribution in [1.29, 1.82) is 0 Å². The molecule has 1 unspecified atom stereocenters. The minimum atomic E-state index is 0.703. The summed E-state index contributed by atoms with van der Waals surface area (Å²) < 4.78 is 0. The minimum absolute atomic E-state index is 0.703. The zero-order valence-corrected chi connectivity index (χ0v) is 10.9. The van der Waals surface area contributed by atoms with E-state index in [-0.39, 0.29) is 0 Å². The highest BCUT2D eigenvalue weighted by atomic mass is 14.9. The average Bonchev–Trinajstić information content (AvgIpc) is 2.30. The first kappa shape index (κ1) is 13.2. The van der Waals surface area contributed by atoms with Gasteiger partial charge in [0.15, 0.2) is 0 Å². The van der Waals surface area contributed by atoms with Crippen molar-refractivity contribution in [2.45, 2.75) is 52.5 Å². The Balaban J connectivity index is 2.32. The van der Waals surface area contributed by atoms with E-state index >= 15 is 0 Å². The van der Waals surface area contributed by atoms with Crippen LogP contribution in [-0.4, -0.2) is 12.6 Å². The van der Waals surface area contributed by atoms with Crippen molar-refractivity contribution in [3.63, 3.8) is 0 Å². The summed E-state index contributed by atoms with van der Waals surface area (Å²) in [6.07, 6.45) is 5.03. The molecule has 1 aromatic rings. The maximum absolute atomic E-state index is 3.53. The molecule has 0 aliphatic heterocycles. The molecule has 1 rings (SSSR count). The van der Waals surface area contributed by atoms with E-state index in [0.717, 1.165) is 6.54 Å². The monoisotopic (exact) mass is 219 g/mol. The Kier molecular flexibility index (Phi) is 6.17. The van der Waals surface area contributed by atoms with Crippen molar-refractivity contribution in [1.82, 2.24) is 5.32 Å². The van der Waals surface area contributed by atoms with Gasteiger partial charge in [-0.05, 0) is 50.3 Å². The van der Waals surface area contributed by atoms with Gasteiger partial charge in [-0.2, -0.15) is 0 Å². The van der Waals surface area contributed by atoms with E-state index in [9.17, 15) is 0 Å². The highest BCUT2D eigenvalue weighted by molar-refractivity contribution is 5.25. The number of rotatable bonds is 7. The van der Waals surface area contributed by atoms with Gasteiger partial charge in [0.25, 0.3) is 0 Å². The molecule has 1 heteroatoms. The molecule has 0 spiro atoms. The van der Waals surface area contributed by atoms with Crippen LogP contribution in [-0.2, 0) is 6.42 Å². The van der Waals surface area contributed by atoms with E-state index in [0.29, 0.717) is 6.04 Å². The zero-order chi connectivity index (χ0) is 11.8. The molecule has 1 aromatic carbocycles. The van der Waals surface area contributed by atoms with E-state index in [4.69, 9.17) is 0 Å². The lowest BCUT2D eigenvalue weighted by atomic mass is 10.00. The van der Waals surface area contributed by atoms with Gasteiger partial charge in [0.1, 0.15) is 0 Å². The quantitative estimate of drug-likeness (QED) is 0.737. The third-order valence-corrected chi connectivity index (χ3v) is 3.25. The van der Waals surface area contributed by atoms with Crippen molar-refractivity contribution >= 4 is 0 Å². The number of nitrogens with one attached hydrogen (secondary N) is 1. The molecule has 0 saturated heterocycles. The normalized spacial score (nSPS) is 12.7. The molecule has 90 valence electrons. The van der Waals surface area contributed by atoms with E-state index in [1.54, 1.807) is 0 Å². The Bertz CT molecular complexity index is 293. The first-order valence-electron chi connectivity index (χ1n) is 6.55. The maximum Gasteiger partial charge on any atom is 0.00644 e. The first-order chi connectivity index (χ1) is 7.77. The molecule has 0 amide bonds. The van der Waals surface area contributed by atoms with Crippen LogP contribution in [0.25, 0.3) is 0 Å². The fraction of sp³-hybridized carbons (Fsp3) is 0.600. The van der Waals surface area contributed by atoms with Gasteiger partial charge in [0, 0.05) is 6.04 Å². The maximum atomic E-state index is 3.53. The van der Waals surface area contributed by atoms with Gasteiger partial charge in [0.05, 0.1) is 0 Å². The Morgan fingerprint density at radius 1 is 1.19 bits per heavy atom. The molecule has 0 radical (unpaired) electrons. The molecule has 0 bridgehead atoms. The highest BCUT2D eigenvalue weighted by Crippen LogP contribution is 2.12. The SMILES string of the molecule is CCNC(CC)CCCc1ccccc1C. The van der Waals surface area contributed by atoms with Gasteiger partial charge < -0.3 is 5.32 Å². The molecule has 16 heavy (non-hydrogen) atoms. The number of hydrogen-bond donors (Lipinski definition) is 1. The lowest BCUT2D eigenvalue weighted by molar-refractivity contribution is 0.467. The zero-order valence-electron chi connectivity index (χ0n) is 10.9. The van der Waals surface area contributed by atoms with Crippen LogP contribution in [0, 0.1) is 6.92 Å². The Morgan fingerprint density at radius 3 is 2.56 bits per heavy atom. The molecule has 0 heterocycles. The van der Waals surface area contributed by atoms with Crippen molar-refractivity contribution < 1.29 is 0 Å². The van der Waals surface area contributed by atoms with Crippen molar-refractivity contribution in [3.8, 4) is 0 Å². The third kappa shape index (κ3) is 4.36. The molecule has 0 fully saturated rings. The van der Waals surface area contributed by atoms with Crippen LogP contribution < -0.4 is 5.32 Å². The minimum Gasteiger partial charge on any atom is -0.314 e. The Morgan fingerprint density at radius 2 is 1.94 bits per heavy atom. The summed E-state index contributed by atoms with van der Waals surface area (Å²) in [4.78, 5) is 0. The van der Waals surface area contributed by atoms with Crippen LogP contribution >= 0.6 is 0 Å². The first-order valence-corrected chi connectivity index (χ1v) is 6.55. The average molecular weight is 219 g/mol.